The third-order valence-corrected chi connectivity index (χ3v) is 9.71. The van der Waals surface area contributed by atoms with Gasteiger partial charge in [-0.3, -0.25) is 19.2 Å². The highest BCUT2D eigenvalue weighted by molar-refractivity contribution is 6.36. The number of anilines is 1. The van der Waals surface area contributed by atoms with Gasteiger partial charge in [0, 0.05) is 33.0 Å². The number of imide groups is 1. The van der Waals surface area contributed by atoms with Gasteiger partial charge in [-0.05, 0) is 47.5 Å². The van der Waals surface area contributed by atoms with Crippen molar-refractivity contribution in [3.8, 4) is 16.8 Å². The van der Waals surface area contributed by atoms with E-state index in [1.54, 1.807) is 54.6 Å². The molecule has 0 bridgehead atoms. The van der Waals surface area contributed by atoms with Crippen molar-refractivity contribution in [2.24, 2.45) is 0 Å². The number of hydrogen-bond acceptors (Lipinski definition) is 4. The van der Waals surface area contributed by atoms with Gasteiger partial charge in [0.15, 0.2) is 11.6 Å². The average molecular weight is 673 g/mol. The van der Waals surface area contributed by atoms with Gasteiger partial charge in [0.05, 0.1) is 33.5 Å². The molecule has 0 unspecified atom stereocenters. The molecule has 0 N–H and O–H groups in total. The molecule has 7 aromatic carbocycles. The molecule has 9 rings (SSSR count). The highest BCUT2D eigenvalue weighted by Gasteiger charge is 2.39. The number of ketones is 2. The molecule has 2 heterocycles. The summed E-state index contributed by atoms with van der Waals surface area (Å²) < 4.78 is 1.90. The fourth-order valence-electron chi connectivity index (χ4n) is 7.22. The maximum atomic E-state index is 14.5. The first-order valence-electron chi connectivity index (χ1n) is 16.9. The summed E-state index contributed by atoms with van der Waals surface area (Å²) in [6.07, 6.45) is 0. The number of rotatable bonds is 7. The molecule has 6 heteroatoms. The number of amides is 2. The van der Waals surface area contributed by atoms with E-state index in [4.69, 9.17) is 0 Å². The summed E-state index contributed by atoms with van der Waals surface area (Å²) in [6.45, 7) is 0. The second-order valence-corrected chi connectivity index (χ2v) is 12.8. The highest BCUT2D eigenvalue weighted by Crippen LogP contribution is 2.39. The molecule has 246 valence electrons. The third kappa shape index (κ3) is 4.96. The molecule has 2 amide bonds. The van der Waals surface area contributed by atoms with Crippen molar-refractivity contribution in [1.82, 2.24) is 4.57 Å². The quantitative estimate of drug-likeness (QED) is 0.125. The van der Waals surface area contributed by atoms with Gasteiger partial charge in [0.2, 0.25) is 0 Å². The summed E-state index contributed by atoms with van der Waals surface area (Å²) in [5.74, 6) is -1.17. The van der Waals surface area contributed by atoms with E-state index < -0.39 is 11.8 Å². The summed E-state index contributed by atoms with van der Waals surface area (Å²) in [4.78, 5) is 57.3. The molecule has 0 saturated heterocycles. The summed E-state index contributed by atoms with van der Waals surface area (Å²) >= 11 is 0. The molecule has 0 saturated carbocycles. The Hall–Kier alpha value is -7.18. The maximum Gasteiger partial charge on any atom is 0.268 e. The second kappa shape index (κ2) is 12.3. The Labute approximate surface area is 298 Å². The lowest BCUT2D eigenvalue weighted by molar-refractivity contribution is 0.0924. The van der Waals surface area contributed by atoms with Gasteiger partial charge in [0.1, 0.15) is 0 Å². The topological polar surface area (TPSA) is 76.5 Å². The number of nitrogens with zero attached hydrogens (tertiary/aromatic N) is 2. The maximum absolute atomic E-state index is 14.5. The minimum atomic E-state index is -0.455. The molecule has 1 aliphatic rings. The summed E-state index contributed by atoms with van der Waals surface area (Å²) in [7, 11) is 0. The lowest BCUT2D eigenvalue weighted by atomic mass is 10.0. The fourth-order valence-corrected chi connectivity index (χ4v) is 7.22. The number of aromatic nitrogens is 1. The first-order chi connectivity index (χ1) is 25.5. The van der Waals surface area contributed by atoms with Crippen LogP contribution in [0.1, 0.15) is 52.6 Å². The molecule has 0 spiro atoms. The Morgan fingerprint density at radius 1 is 0.423 bits per heavy atom. The monoisotopic (exact) mass is 672 g/mol. The van der Waals surface area contributed by atoms with Crippen LogP contribution in [0.2, 0.25) is 0 Å². The Balaban J connectivity index is 1.25. The number of carbonyl (C=O) groups excluding carboxylic acids is 4. The van der Waals surface area contributed by atoms with Crippen molar-refractivity contribution in [3.63, 3.8) is 0 Å². The van der Waals surface area contributed by atoms with E-state index in [2.05, 4.69) is 0 Å². The first kappa shape index (κ1) is 30.8. The molecule has 1 aromatic heterocycles. The van der Waals surface area contributed by atoms with Crippen LogP contribution in [0.25, 0.3) is 38.6 Å². The number of fused-ring (bicyclic) bond motifs is 4. The zero-order valence-electron chi connectivity index (χ0n) is 27.7. The lowest BCUT2D eigenvalue weighted by Crippen LogP contribution is -2.29. The molecule has 0 fully saturated rings. The first-order valence-corrected chi connectivity index (χ1v) is 16.9. The van der Waals surface area contributed by atoms with Crippen LogP contribution in [-0.4, -0.2) is 27.9 Å². The zero-order chi connectivity index (χ0) is 35.3. The van der Waals surface area contributed by atoms with Crippen LogP contribution in [0, 0.1) is 0 Å². The second-order valence-electron chi connectivity index (χ2n) is 12.8. The summed E-state index contributed by atoms with van der Waals surface area (Å²) in [5, 5.41) is 1.67. The van der Waals surface area contributed by atoms with Crippen LogP contribution in [-0.2, 0) is 0 Å². The average Bonchev–Trinajstić information content (AvgIpc) is 3.67. The Morgan fingerprint density at radius 2 is 0.942 bits per heavy atom. The van der Waals surface area contributed by atoms with Crippen molar-refractivity contribution in [2.75, 3.05) is 4.90 Å². The van der Waals surface area contributed by atoms with Gasteiger partial charge in [-0.2, -0.15) is 0 Å². The van der Waals surface area contributed by atoms with E-state index in [1.165, 1.54) is 4.90 Å². The smallest absolute Gasteiger partial charge is 0.268 e. The summed E-state index contributed by atoms with van der Waals surface area (Å²) in [6, 6.07) is 51.6. The summed E-state index contributed by atoms with van der Waals surface area (Å²) in [5.41, 5.74) is 6.68. The number of carbonyl (C=O) groups is 4. The molecule has 0 atom stereocenters. The minimum Gasteiger partial charge on any atom is -0.308 e. The largest absolute Gasteiger partial charge is 0.308 e. The Kier molecular flexibility index (Phi) is 7.30. The van der Waals surface area contributed by atoms with E-state index in [1.807, 2.05) is 120 Å². The van der Waals surface area contributed by atoms with E-state index in [-0.39, 0.29) is 22.7 Å². The van der Waals surface area contributed by atoms with E-state index in [9.17, 15) is 19.2 Å². The van der Waals surface area contributed by atoms with E-state index >= 15 is 0 Å². The Morgan fingerprint density at radius 3 is 1.52 bits per heavy atom. The van der Waals surface area contributed by atoms with Crippen LogP contribution in [0.4, 0.5) is 5.69 Å². The van der Waals surface area contributed by atoms with Crippen LogP contribution in [0.15, 0.2) is 170 Å². The highest BCUT2D eigenvalue weighted by atomic mass is 16.2. The van der Waals surface area contributed by atoms with Crippen LogP contribution in [0.5, 0.6) is 0 Å². The van der Waals surface area contributed by atoms with Gasteiger partial charge < -0.3 is 4.57 Å². The lowest BCUT2D eigenvalue weighted by Gasteiger charge is -2.16. The van der Waals surface area contributed by atoms with Gasteiger partial charge in [-0.1, -0.05) is 133 Å². The SMILES string of the molecule is O=C(c1ccccc1)c1ccc2c3ccc(C(=O)c4ccccc4)cc3n(-c3cccc4c3C(=O)N(c3cccc(-c5ccccc5)c3)C4=O)c2c1. The van der Waals surface area contributed by atoms with E-state index in [0.717, 1.165) is 21.9 Å². The van der Waals surface area contributed by atoms with Crippen LogP contribution in [0.3, 0.4) is 0 Å². The molecule has 52 heavy (non-hydrogen) atoms. The third-order valence-electron chi connectivity index (χ3n) is 9.71. The Bertz CT molecular complexity index is 2640. The number of benzene rings is 7. The van der Waals surface area contributed by atoms with E-state index in [0.29, 0.717) is 44.7 Å². The molecule has 1 aliphatic heterocycles. The van der Waals surface area contributed by atoms with Gasteiger partial charge in [-0.25, -0.2) is 4.90 Å². The molecule has 0 radical (unpaired) electrons. The fraction of sp³-hybridized carbons (Fsp3) is 0. The minimum absolute atomic E-state index is 0.145. The predicted octanol–water partition coefficient (Wildman–Crippen LogP) is 9.71. The zero-order valence-corrected chi connectivity index (χ0v) is 27.7. The normalized spacial score (nSPS) is 12.4. The van der Waals surface area contributed by atoms with Gasteiger partial charge >= 0.3 is 0 Å². The molecule has 0 aliphatic carbocycles. The van der Waals surface area contributed by atoms with Crippen LogP contribution < -0.4 is 4.90 Å². The predicted molar refractivity (Wildman–Crippen MR) is 204 cm³/mol. The molecular formula is C46H28N2O4. The molecule has 8 aromatic rings. The van der Waals surface area contributed by atoms with Crippen molar-refractivity contribution in [2.45, 2.75) is 0 Å². The van der Waals surface area contributed by atoms with Crippen LogP contribution >= 0.6 is 0 Å². The van der Waals surface area contributed by atoms with Crippen molar-refractivity contribution in [1.29, 1.82) is 0 Å². The molecule has 6 nitrogen and oxygen atoms in total. The van der Waals surface area contributed by atoms with Crippen molar-refractivity contribution < 1.29 is 19.2 Å². The van der Waals surface area contributed by atoms with Crippen molar-refractivity contribution >= 4 is 50.9 Å². The molecular weight excluding hydrogens is 645 g/mol. The van der Waals surface area contributed by atoms with Gasteiger partial charge in [-0.15, -0.1) is 0 Å². The number of hydrogen-bond donors (Lipinski definition) is 0. The standard InChI is InChI=1S/C46H28N2O4/c49-43(30-14-6-2-7-15-30)33-22-24-36-37-25-23-34(44(50)31-16-8-3-9-17-31)28-41(37)48(40(36)27-33)39-21-11-20-38-42(39)46(52)47(45(38)51)35-19-10-18-32(26-35)29-12-4-1-5-13-29/h1-28H. The van der Waals surface area contributed by atoms with Crippen molar-refractivity contribution in [3.05, 3.63) is 203 Å². The van der Waals surface area contributed by atoms with Gasteiger partial charge in [0.25, 0.3) is 11.8 Å².